The number of methoxy groups -OCH3 is 1. The number of hydrogen-bond donors (Lipinski definition) is 3. The first-order valence-corrected chi connectivity index (χ1v) is 6.40. The summed E-state index contributed by atoms with van der Waals surface area (Å²) in [7, 11) is 1.30. The molecule has 0 radical (unpaired) electrons. The Morgan fingerprint density at radius 3 is 2.52 bits per heavy atom. The minimum absolute atomic E-state index is 0.214. The summed E-state index contributed by atoms with van der Waals surface area (Å²) in [6, 6.07) is -1.90. The maximum atomic E-state index is 12.1. The lowest BCUT2D eigenvalue weighted by atomic mass is 9.99. The Bertz CT molecular complexity index is 466. The van der Waals surface area contributed by atoms with Crippen LogP contribution >= 0.6 is 0 Å². The van der Waals surface area contributed by atoms with Crippen molar-refractivity contribution < 1.29 is 29.0 Å². The number of aliphatic carboxylic acids is 1. The third-order valence-electron chi connectivity index (χ3n) is 3.32. The lowest BCUT2D eigenvalue weighted by Crippen LogP contribution is -2.49. The molecule has 1 heterocycles. The van der Waals surface area contributed by atoms with E-state index < -0.39 is 41.9 Å². The third-order valence-corrected chi connectivity index (χ3v) is 3.32. The van der Waals surface area contributed by atoms with Crippen LogP contribution in [0.2, 0.25) is 0 Å². The molecule has 1 rings (SSSR count). The zero-order valence-corrected chi connectivity index (χ0v) is 12.1. The molecule has 21 heavy (non-hydrogen) atoms. The van der Waals surface area contributed by atoms with Gasteiger partial charge in [-0.15, -0.1) is 0 Å². The second-order valence-corrected chi connectivity index (χ2v) is 4.92. The molecule has 118 valence electrons. The fourth-order valence-corrected chi connectivity index (χ4v) is 1.86. The van der Waals surface area contributed by atoms with E-state index in [1.54, 1.807) is 13.8 Å². The standard InChI is InChI=1S/C12H19N3O6/c1-4-12(2)10(19)15(11(20)14-12)5-8(16)13-7(6-21-3)9(17)18/h7H,4-6H2,1-3H3,(H,13,16)(H,14,20)(H,17,18). The van der Waals surface area contributed by atoms with E-state index in [1.165, 1.54) is 7.11 Å². The number of carbonyl (C=O) groups excluding carboxylic acids is 3. The molecule has 3 N–H and O–H groups in total. The Labute approximate surface area is 121 Å². The zero-order chi connectivity index (χ0) is 16.2. The number of nitrogens with one attached hydrogen (secondary N) is 2. The van der Waals surface area contributed by atoms with Gasteiger partial charge in [0.05, 0.1) is 6.61 Å². The Morgan fingerprint density at radius 2 is 2.10 bits per heavy atom. The van der Waals surface area contributed by atoms with Crippen LogP contribution in [0.25, 0.3) is 0 Å². The van der Waals surface area contributed by atoms with E-state index in [0.29, 0.717) is 6.42 Å². The van der Waals surface area contributed by atoms with Crippen LogP contribution in [0.15, 0.2) is 0 Å². The highest BCUT2D eigenvalue weighted by atomic mass is 16.5. The lowest BCUT2D eigenvalue weighted by Gasteiger charge is -2.19. The molecule has 0 aromatic heterocycles. The van der Waals surface area contributed by atoms with Gasteiger partial charge in [-0.3, -0.25) is 14.5 Å². The average molecular weight is 301 g/mol. The van der Waals surface area contributed by atoms with E-state index >= 15 is 0 Å². The van der Waals surface area contributed by atoms with Crippen LogP contribution in [-0.4, -0.2) is 65.7 Å². The maximum Gasteiger partial charge on any atom is 0.328 e. The van der Waals surface area contributed by atoms with Gasteiger partial charge >= 0.3 is 12.0 Å². The number of carboxylic acids is 1. The summed E-state index contributed by atoms with van der Waals surface area (Å²) in [5, 5.41) is 13.6. The van der Waals surface area contributed by atoms with Gasteiger partial charge in [-0.2, -0.15) is 0 Å². The van der Waals surface area contributed by atoms with E-state index in [9.17, 15) is 19.2 Å². The molecule has 2 unspecified atom stereocenters. The van der Waals surface area contributed by atoms with E-state index in [4.69, 9.17) is 5.11 Å². The van der Waals surface area contributed by atoms with Crippen LogP contribution in [0.4, 0.5) is 4.79 Å². The van der Waals surface area contributed by atoms with Crippen LogP contribution in [0.3, 0.4) is 0 Å². The minimum Gasteiger partial charge on any atom is -0.480 e. The quantitative estimate of drug-likeness (QED) is 0.514. The summed E-state index contributed by atoms with van der Waals surface area (Å²) >= 11 is 0. The molecule has 0 saturated carbocycles. The smallest absolute Gasteiger partial charge is 0.328 e. The van der Waals surface area contributed by atoms with E-state index in [1.807, 2.05) is 0 Å². The van der Waals surface area contributed by atoms with Gasteiger partial charge in [0.1, 0.15) is 12.1 Å². The first kappa shape index (κ1) is 16.9. The molecule has 0 bridgehead atoms. The highest BCUT2D eigenvalue weighted by Gasteiger charge is 2.47. The van der Waals surface area contributed by atoms with Crippen molar-refractivity contribution in [2.45, 2.75) is 31.8 Å². The largest absolute Gasteiger partial charge is 0.480 e. The number of amides is 4. The number of rotatable bonds is 7. The van der Waals surface area contributed by atoms with Gasteiger partial charge in [0.2, 0.25) is 5.91 Å². The molecule has 2 atom stereocenters. The molecule has 1 aliphatic rings. The van der Waals surface area contributed by atoms with Crippen molar-refractivity contribution in [1.82, 2.24) is 15.5 Å². The van der Waals surface area contributed by atoms with Crippen molar-refractivity contribution in [3.63, 3.8) is 0 Å². The average Bonchev–Trinajstić information content (AvgIpc) is 2.62. The predicted octanol–water partition coefficient (Wildman–Crippen LogP) is -1.08. The number of ether oxygens (including phenoxy) is 1. The summed E-state index contributed by atoms with van der Waals surface area (Å²) < 4.78 is 4.67. The Kier molecular flexibility index (Phi) is 5.25. The van der Waals surface area contributed by atoms with E-state index in [-0.39, 0.29) is 6.61 Å². The second-order valence-electron chi connectivity index (χ2n) is 4.92. The number of carboxylic acid groups (broad SMARTS) is 1. The molecule has 9 heteroatoms. The van der Waals surface area contributed by atoms with Gasteiger partial charge in [-0.25, -0.2) is 9.59 Å². The highest BCUT2D eigenvalue weighted by Crippen LogP contribution is 2.20. The molecule has 0 aromatic rings. The summed E-state index contributed by atoms with van der Waals surface area (Å²) in [5.74, 6) is -2.52. The molecule has 0 aliphatic carbocycles. The molecule has 0 aromatic carbocycles. The van der Waals surface area contributed by atoms with Crippen LogP contribution < -0.4 is 10.6 Å². The van der Waals surface area contributed by atoms with Crippen molar-refractivity contribution in [1.29, 1.82) is 0 Å². The van der Waals surface area contributed by atoms with Crippen molar-refractivity contribution in [2.24, 2.45) is 0 Å². The van der Waals surface area contributed by atoms with Gasteiger partial charge in [-0.1, -0.05) is 6.92 Å². The molecular weight excluding hydrogens is 282 g/mol. The van der Waals surface area contributed by atoms with Gasteiger partial charge in [0.25, 0.3) is 5.91 Å². The van der Waals surface area contributed by atoms with Gasteiger partial charge in [-0.05, 0) is 13.3 Å². The topological polar surface area (TPSA) is 125 Å². The molecule has 0 spiro atoms. The molecule has 1 fully saturated rings. The summed E-state index contributed by atoms with van der Waals surface area (Å²) in [4.78, 5) is 47.2. The van der Waals surface area contributed by atoms with Gasteiger partial charge in [0, 0.05) is 7.11 Å². The third kappa shape index (κ3) is 3.69. The fraction of sp³-hybridized carbons (Fsp3) is 0.667. The van der Waals surface area contributed by atoms with Gasteiger partial charge in [0.15, 0.2) is 6.04 Å². The van der Waals surface area contributed by atoms with Crippen LogP contribution in [0.1, 0.15) is 20.3 Å². The van der Waals surface area contributed by atoms with Crippen LogP contribution in [0, 0.1) is 0 Å². The molecule has 9 nitrogen and oxygen atoms in total. The van der Waals surface area contributed by atoms with Crippen molar-refractivity contribution >= 4 is 23.8 Å². The van der Waals surface area contributed by atoms with E-state index in [2.05, 4.69) is 15.4 Å². The first-order valence-electron chi connectivity index (χ1n) is 6.40. The summed E-state index contributed by atoms with van der Waals surface area (Å²) in [5.41, 5.74) is -1.03. The van der Waals surface area contributed by atoms with Crippen molar-refractivity contribution in [3.8, 4) is 0 Å². The summed E-state index contributed by atoms with van der Waals surface area (Å²) in [6.45, 7) is 2.55. The Hall–Kier alpha value is -2.16. The normalized spacial score (nSPS) is 22.9. The highest BCUT2D eigenvalue weighted by molar-refractivity contribution is 6.08. The van der Waals surface area contributed by atoms with E-state index in [0.717, 1.165) is 4.90 Å². The number of urea groups is 1. The summed E-state index contributed by atoms with van der Waals surface area (Å²) in [6.07, 6.45) is 0.386. The monoisotopic (exact) mass is 301 g/mol. The van der Waals surface area contributed by atoms with Crippen molar-refractivity contribution in [2.75, 3.05) is 20.3 Å². The Balaban J connectivity index is 2.69. The lowest BCUT2D eigenvalue weighted by molar-refractivity contribution is -0.143. The predicted molar refractivity (Wildman–Crippen MR) is 70.4 cm³/mol. The molecular formula is C12H19N3O6. The van der Waals surface area contributed by atoms with Gasteiger partial charge < -0.3 is 20.5 Å². The number of nitrogens with zero attached hydrogens (tertiary/aromatic N) is 1. The number of carbonyl (C=O) groups is 4. The Morgan fingerprint density at radius 1 is 1.48 bits per heavy atom. The molecule has 1 aliphatic heterocycles. The SMILES string of the molecule is CCC1(C)NC(=O)N(CC(=O)NC(COC)C(=O)O)C1=O. The number of hydrogen-bond acceptors (Lipinski definition) is 5. The number of imide groups is 1. The van der Waals surface area contributed by atoms with Crippen LogP contribution in [0.5, 0.6) is 0 Å². The zero-order valence-electron chi connectivity index (χ0n) is 12.1. The first-order chi connectivity index (χ1) is 9.75. The fourth-order valence-electron chi connectivity index (χ4n) is 1.86. The second kappa shape index (κ2) is 6.53. The van der Waals surface area contributed by atoms with Crippen LogP contribution in [-0.2, 0) is 19.1 Å². The van der Waals surface area contributed by atoms with Crippen molar-refractivity contribution in [3.05, 3.63) is 0 Å². The minimum atomic E-state index is -1.26. The molecule has 1 saturated heterocycles. The molecule has 4 amide bonds. The maximum absolute atomic E-state index is 12.1.